The van der Waals surface area contributed by atoms with Gasteiger partial charge in [-0.25, -0.2) is 0 Å². The number of aromatic nitrogens is 1. The lowest BCUT2D eigenvalue weighted by Gasteiger charge is -2.17. The van der Waals surface area contributed by atoms with Crippen LogP contribution in [-0.4, -0.2) is 34.8 Å². The molecule has 0 unspecified atom stereocenters. The van der Waals surface area contributed by atoms with E-state index in [0.717, 1.165) is 26.4 Å². The van der Waals surface area contributed by atoms with Crippen LogP contribution in [-0.2, 0) is 11.3 Å². The molecule has 38 heavy (non-hydrogen) atoms. The van der Waals surface area contributed by atoms with E-state index in [1.165, 1.54) is 45.9 Å². The van der Waals surface area contributed by atoms with Crippen molar-refractivity contribution in [2.75, 3.05) is 23.6 Å². The van der Waals surface area contributed by atoms with Gasteiger partial charge in [0.25, 0.3) is 17.2 Å². The van der Waals surface area contributed by atoms with E-state index in [2.05, 4.69) is 16.6 Å². The number of ether oxygens (including phenoxy) is 1. The number of benzene rings is 2. The number of methoxy groups -OCH3 is 1. The van der Waals surface area contributed by atoms with Gasteiger partial charge in [-0.3, -0.25) is 24.3 Å². The number of rotatable bonds is 6. The van der Waals surface area contributed by atoms with Crippen LogP contribution in [0.25, 0.3) is 10.6 Å². The minimum atomic E-state index is -0.526. The fraction of sp³-hybridized carbons (Fsp3) is 0.192. The van der Waals surface area contributed by atoms with Gasteiger partial charge < -0.3 is 9.64 Å². The Kier molecular flexibility index (Phi) is 6.67. The topological polar surface area (TPSA) is 110 Å². The highest BCUT2D eigenvalue weighted by Gasteiger charge is 2.33. The van der Waals surface area contributed by atoms with Crippen LogP contribution in [0.5, 0.6) is 5.75 Å². The molecule has 3 aromatic rings. The lowest BCUT2D eigenvalue weighted by atomic mass is 10.2. The second kappa shape index (κ2) is 9.95. The van der Waals surface area contributed by atoms with Crippen molar-refractivity contribution >= 4 is 62.4 Å². The summed E-state index contributed by atoms with van der Waals surface area (Å²) in [5.74, 6) is 0.262. The molecule has 0 radical (unpaired) electrons. The average molecular weight is 550 g/mol. The first kappa shape index (κ1) is 25.5. The van der Waals surface area contributed by atoms with Crippen LogP contribution in [0.1, 0.15) is 13.8 Å². The van der Waals surface area contributed by atoms with E-state index in [-0.39, 0.29) is 29.1 Å². The second-order valence-corrected chi connectivity index (χ2v) is 10.4. The summed E-state index contributed by atoms with van der Waals surface area (Å²) < 4.78 is 7.89. The summed E-state index contributed by atoms with van der Waals surface area (Å²) in [7, 11) is 1.61. The molecule has 0 saturated carbocycles. The summed E-state index contributed by atoms with van der Waals surface area (Å²) in [6.45, 7) is 8.32. The number of hydrogen-bond acceptors (Lipinski definition) is 9. The Morgan fingerprint density at radius 3 is 2.68 bits per heavy atom. The molecule has 0 spiro atoms. The number of carbonyl (C=O) groups is 1. The van der Waals surface area contributed by atoms with Gasteiger partial charge in [-0.05, 0) is 32.0 Å². The van der Waals surface area contributed by atoms with Crippen LogP contribution < -0.4 is 29.4 Å². The molecule has 0 N–H and O–H groups in total. The Morgan fingerprint density at radius 2 is 2.00 bits per heavy atom. The molecule has 0 bridgehead atoms. The van der Waals surface area contributed by atoms with Crippen molar-refractivity contribution in [2.45, 2.75) is 25.3 Å². The molecule has 10 nitrogen and oxygen atoms in total. The monoisotopic (exact) mass is 549 g/mol. The molecule has 1 amide bonds. The molecule has 12 heteroatoms. The number of nitrogens with zero attached hydrogens (tertiary/aromatic N) is 5. The highest BCUT2D eigenvalue weighted by Crippen LogP contribution is 2.47. The van der Waals surface area contributed by atoms with Crippen LogP contribution in [0.2, 0.25) is 0 Å². The Bertz CT molecular complexity index is 1720. The van der Waals surface area contributed by atoms with Gasteiger partial charge in [-0.2, -0.15) is 10.1 Å². The van der Waals surface area contributed by atoms with E-state index in [0.29, 0.717) is 21.5 Å². The molecule has 5 rings (SSSR count). The number of carbonyl (C=O) groups excluding carboxylic acids is 1. The third kappa shape index (κ3) is 4.11. The van der Waals surface area contributed by atoms with Crippen molar-refractivity contribution in [3.63, 3.8) is 0 Å². The van der Waals surface area contributed by atoms with Crippen molar-refractivity contribution in [1.82, 2.24) is 4.57 Å². The van der Waals surface area contributed by atoms with Crippen molar-refractivity contribution in [2.24, 2.45) is 5.10 Å². The van der Waals surface area contributed by atoms with Crippen molar-refractivity contribution in [1.29, 1.82) is 0 Å². The first-order chi connectivity index (χ1) is 18.3. The number of fused-ring (bicyclic) bond motifs is 1. The standard InChI is InChI=1S/C26H23N5O5S2/c1-5-12-29-24(33)22(26-28(6-2)19-14-18(36-4)10-11-20(19)37-26)38-25(29)21-15(3)27-30(23(21)32)16-8-7-9-17(13-16)31(34)35/h5,7-11,13-14H,1,6,12H2,2-4H3/b25-21?,26-22-. The molecule has 2 aromatic carbocycles. The molecule has 2 aliphatic heterocycles. The third-order valence-corrected chi connectivity index (χ3v) is 8.63. The molecule has 3 heterocycles. The summed E-state index contributed by atoms with van der Waals surface area (Å²) >= 11 is 2.73. The maximum atomic E-state index is 13.7. The van der Waals surface area contributed by atoms with Crippen LogP contribution in [0, 0.1) is 10.1 Å². The second-order valence-electron chi connectivity index (χ2n) is 8.38. The summed E-state index contributed by atoms with van der Waals surface area (Å²) in [5, 5.41) is 17.6. The molecule has 1 aromatic heterocycles. The van der Waals surface area contributed by atoms with Crippen LogP contribution >= 0.6 is 23.1 Å². The molecular formula is C26H23N5O5S2. The number of nitro benzene ring substituents is 1. The minimum absolute atomic E-state index is 0.149. The lowest BCUT2D eigenvalue weighted by molar-refractivity contribution is -0.384. The zero-order valence-electron chi connectivity index (χ0n) is 20.8. The Hall–Kier alpha value is -4.16. The van der Waals surface area contributed by atoms with Crippen LogP contribution in [0.15, 0.2) is 69.9 Å². The van der Waals surface area contributed by atoms with Crippen LogP contribution in [0.4, 0.5) is 17.1 Å². The van der Waals surface area contributed by atoms with Gasteiger partial charge >= 0.3 is 0 Å². The third-order valence-electron chi connectivity index (χ3n) is 6.13. The largest absolute Gasteiger partial charge is 0.497 e. The minimum Gasteiger partial charge on any atom is -0.497 e. The highest BCUT2D eigenvalue weighted by atomic mass is 32.2. The van der Waals surface area contributed by atoms with E-state index in [1.807, 2.05) is 25.1 Å². The number of thioether (sulfide) groups is 1. The van der Waals surface area contributed by atoms with Crippen LogP contribution in [0.3, 0.4) is 0 Å². The van der Waals surface area contributed by atoms with E-state index < -0.39 is 10.8 Å². The summed E-state index contributed by atoms with van der Waals surface area (Å²) in [4.78, 5) is 41.1. The molecule has 0 atom stereocenters. The van der Waals surface area contributed by atoms with E-state index >= 15 is 0 Å². The quantitative estimate of drug-likeness (QED) is 0.264. The predicted molar refractivity (Wildman–Crippen MR) is 150 cm³/mol. The molecule has 194 valence electrons. The van der Waals surface area contributed by atoms with Gasteiger partial charge in [0.2, 0.25) is 0 Å². The zero-order chi connectivity index (χ0) is 27.1. The molecule has 2 aliphatic rings. The maximum absolute atomic E-state index is 13.7. The number of nitro groups is 1. The van der Waals surface area contributed by atoms with E-state index in [4.69, 9.17) is 4.74 Å². The van der Waals surface area contributed by atoms with Crippen molar-refractivity contribution < 1.29 is 14.5 Å². The molecular weight excluding hydrogens is 526 g/mol. The number of non-ortho nitro benzene ring substituents is 1. The van der Waals surface area contributed by atoms with E-state index in [9.17, 15) is 19.7 Å². The summed E-state index contributed by atoms with van der Waals surface area (Å²) in [5.41, 5.74) is 1.54. The Labute approximate surface area is 225 Å². The first-order valence-electron chi connectivity index (χ1n) is 11.7. The number of anilines is 2. The smallest absolute Gasteiger partial charge is 0.283 e. The first-order valence-corrected chi connectivity index (χ1v) is 13.3. The predicted octanol–water partition coefficient (Wildman–Crippen LogP) is 3.28. The normalized spacial score (nSPS) is 17.6. The van der Waals surface area contributed by atoms with Gasteiger partial charge in [0.15, 0.2) is 0 Å². The molecule has 0 saturated heterocycles. The summed E-state index contributed by atoms with van der Waals surface area (Å²) in [6, 6.07) is 11.5. The van der Waals surface area contributed by atoms with Gasteiger partial charge in [0.1, 0.15) is 20.0 Å². The van der Waals surface area contributed by atoms with Gasteiger partial charge in [-0.1, -0.05) is 23.9 Å². The van der Waals surface area contributed by atoms with Gasteiger partial charge in [0, 0.05) is 36.2 Å². The highest BCUT2D eigenvalue weighted by molar-refractivity contribution is 8.08. The van der Waals surface area contributed by atoms with Crippen molar-refractivity contribution in [3.05, 3.63) is 84.8 Å². The van der Waals surface area contributed by atoms with Gasteiger partial charge in [0.05, 0.1) is 34.7 Å². The number of thiazole rings is 1. The number of hydrazone groups is 1. The Morgan fingerprint density at radius 1 is 1.21 bits per heavy atom. The summed E-state index contributed by atoms with van der Waals surface area (Å²) in [6.07, 6.45) is 1.61. The van der Waals surface area contributed by atoms with E-state index in [1.54, 1.807) is 26.2 Å². The average Bonchev–Trinajstić information content (AvgIpc) is 3.54. The SMILES string of the molecule is C=CCn1c(=C2C(=O)N(c3cccc([N+](=O)[O-])c3)N=C2C)s/c(=C2\Sc3ccc(OC)cc3N2CC)c1=O. The van der Waals surface area contributed by atoms with Gasteiger partial charge in [-0.15, -0.1) is 17.9 Å². The number of allylic oxidation sites excluding steroid dienone is 1. The zero-order valence-corrected chi connectivity index (χ0v) is 22.5. The Balaban J connectivity index is 1.71. The number of amides is 1. The molecule has 0 fully saturated rings. The fourth-order valence-electron chi connectivity index (χ4n) is 4.36. The van der Waals surface area contributed by atoms with Crippen molar-refractivity contribution in [3.8, 4) is 5.75 Å². The number of hydrogen-bond donors (Lipinski definition) is 0. The fourth-order valence-corrected chi connectivity index (χ4v) is 6.94. The maximum Gasteiger partial charge on any atom is 0.283 e. The lowest BCUT2D eigenvalue weighted by Crippen LogP contribution is -2.35. The molecule has 0 aliphatic carbocycles.